The standard InChI is InChI=1S/C19H20N4O3/c1-11-18(12-4-6-23(11)7-5-12)22-19(25)15-8-14-13(2-3-17(20)24)10-26-16(14)9-21-15/h8-12,18H,4-7H2,1H3,(H2,20,24)(H,22,25)/t11-,18-/m0/s1. The first-order valence-electron chi connectivity index (χ1n) is 8.76. The number of carbonyl (C=O) groups is 2. The lowest BCUT2D eigenvalue weighted by Gasteiger charge is -2.49. The Morgan fingerprint density at radius 2 is 2.15 bits per heavy atom. The minimum absolute atomic E-state index is 0.140. The number of fused-ring (bicyclic) bond motifs is 4. The van der Waals surface area contributed by atoms with Gasteiger partial charge in [-0.25, -0.2) is 4.98 Å². The molecule has 2 atom stereocenters. The highest BCUT2D eigenvalue weighted by atomic mass is 16.3. The first kappa shape index (κ1) is 16.6. The van der Waals surface area contributed by atoms with Crippen molar-refractivity contribution in [2.24, 2.45) is 11.7 Å². The van der Waals surface area contributed by atoms with E-state index >= 15 is 0 Å². The van der Waals surface area contributed by atoms with Crippen LogP contribution in [0.15, 0.2) is 22.9 Å². The maximum atomic E-state index is 12.7. The van der Waals surface area contributed by atoms with Crippen molar-refractivity contribution in [3.63, 3.8) is 0 Å². The summed E-state index contributed by atoms with van der Waals surface area (Å²) in [6.07, 6.45) is 5.17. The van der Waals surface area contributed by atoms with Gasteiger partial charge in [0.1, 0.15) is 12.0 Å². The lowest BCUT2D eigenvalue weighted by atomic mass is 9.79. The predicted molar refractivity (Wildman–Crippen MR) is 95.1 cm³/mol. The van der Waals surface area contributed by atoms with Crippen LogP contribution < -0.4 is 11.1 Å². The SMILES string of the molecule is C[C@H]1[C@H](NC(=O)c2cc3c(C#CC(N)=O)coc3cn2)C2CCN1CC2. The van der Waals surface area contributed by atoms with Crippen LogP contribution in [-0.4, -0.2) is 46.9 Å². The van der Waals surface area contributed by atoms with Crippen LogP contribution in [0.25, 0.3) is 11.0 Å². The van der Waals surface area contributed by atoms with Gasteiger partial charge < -0.3 is 15.5 Å². The number of piperidine rings is 3. The summed E-state index contributed by atoms with van der Waals surface area (Å²) >= 11 is 0. The largest absolute Gasteiger partial charge is 0.461 e. The molecule has 3 N–H and O–H groups in total. The second kappa shape index (κ2) is 6.46. The monoisotopic (exact) mass is 352 g/mol. The van der Waals surface area contributed by atoms with E-state index in [-0.39, 0.29) is 11.9 Å². The Labute approximate surface area is 150 Å². The number of nitrogens with two attached hydrogens (primary N) is 1. The van der Waals surface area contributed by atoms with E-state index < -0.39 is 5.91 Å². The number of hydrogen-bond acceptors (Lipinski definition) is 5. The van der Waals surface area contributed by atoms with Gasteiger partial charge in [0.25, 0.3) is 11.8 Å². The molecule has 0 aliphatic carbocycles. The Morgan fingerprint density at radius 3 is 2.85 bits per heavy atom. The average molecular weight is 352 g/mol. The van der Waals surface area contributed by atoms with E-state index in [2.05, 4.69) is 34.0 Å². The van der Waals surface area contributed by atoms with Gasteiger partial charge in [0.2, 0.25) is 0 Å². The minimum Gasteiger partial charge on any atom is -0.461 e. The molecule has 5 heterocycles. The van der Waals surface area contributed by atoms with Gasteiger partial charge in [-0.05, 0) is 44.8 Å². The van der Waals surface area contributed by atoms with E-state index in [9.17, 15) is 9.59 Å². The Balaban J connectivity index is 1.58. The number of carbonyl (C=O) groups excluding carboxylic acids is 2. The molecule has 2 aromatic heterocycles. The highest BCUT2D eigenvalue weighted by Gasteiger charge is 2.40. The fourth-order valence-electron chi connectivity index (χ4n) is 4.05. The van der Waals surface area contributed by atoms with E-state index in [1.807, 2.05) is 0 Å². The molecule has 3 aliphatic rings. The summed E-state index contributed by atoms with van der Waals surface area (Å²) in [5, 5.41) is 3.80. The molecule has 2 aromatic rings. The highest BCUT2D eigenvalue weighted by Crippen LogP contribution is 2.32. The van der Waals surface area contributed by atoms with Crippen molar-refractivity contribution in [3.8, 4) is 11.8 Å². The molecule has 3 fully saturated rings. The van der Waals surface area contributed by atoms with E-state index in [4.69, 9.17) is 10.2 Å². The molecule has 0 saturated carbocycles. The Morgan fingerprint density at radius 1 is 1.38 bits per heavy atom. The topological polar surface area (TPSA) is 101 Å². The minimum atomic E-state index is -0.720. The summed E-state index contributed by atoms with van der Waals surface area (Å²) in [6.45, 7) is 4.39. The van der Waals surface area contributed by atoms with Crippen LogP contribution in [0.4, 0.5) is 0 Å². The van der Waals surface area contributed by atoms with Gasteiger partial charge >= 0.3 is 0 Å². The molecule has 3 aliphatic heterocycles. The molecule has 0 aromatic carbocycles. The quantitative estimate of drug-likeness (QED) is 0.781. The van der Waals surface area contributed by atoms with Crippen LogP contribution in [0.2, 0.25) is 0 Å². The van der Waals surface area contributed by atoms with Gasteiger partial charge in [0.15, 0.2) is 5.58 Å². The number of primary amides is 1. The molecule has 7 nitrogen and oxygen atoms in total. The van der Waals surface area contributed by atoms with Crippen molar-refractivity contribution in [3.05, 3.63) is 29.8 Å². The second-order valence-electron chi connectivity index (χ2n) is 6.94. The molecule has 7 heteroatoms. The van der Waals surface area contributed by atoms with Gasteiger partial charge in [0.05, 0.1) is 11.8 Å². The molecule has 2 bridgehead atoms. The number of rotatable bonds is 2. The highest BCUT2D eigenvalue weighted by molar-refractivity contribution is 5.98. The van der Waals surface area contributed by atoms with Gasteiger partial charge in [-0.3, -0.25) is 14.5 Å². The van der Waals surface area contributed by atoms with E-state index in [0.717, 1.165) is 25.9 Å². The number of nitrogens with one attached hydrogen (secondary N) is 1. The van der Waals surface area contributed by atoms with Gasteiger partial charge in [-0.15, -0.1) is 0 Å². The Bertz CT molecular complexity index is 929. The molecule has 0 radical (unpaired) electrons. The maximum Gasteiger partial charge on any atom is 0.293 e. The van der Waals surface area contributed by atoms with Crippen LogP contribution >= 0.6 is 0 Å². The molecular formula is C19H20N4O3. The Hall–Kier alpha value is -2.85. The van der Waals surface area contributed by atoms with Crippen LogP contribution in [0.1, 0.15) is 35.8 Å². The van der Waals surface area contributed by atoms with Crippen molar-refractivity contribution < 1.29 is 14.0 Å². The summed E-state index contributed by atoms with van der Waals surface area (Å²) in [4.78, 5) is 30.2. The first-order chi connectivity index (χ1) is 12.5. The van der Waals surface area contributed by atoms with Crippen LogP contribution in [-0.2, 0) is 4.79 Å². The van der Waals surface area contributed by atoms with Crippen LogP contribution in [0.3, 0.4) is 0 Å². The van der Waals surface area contributed by atoms with E-state index in [0.29, 0.717) is 34.2 Å². The first-order valence-corrected chi connectivity index (χ1v) is 8.76. The molecule has 5 rings (SSSR count). The van der Waals surface area contributed by atoms with Crippen LogP contribution in [0, 0.1) is 17.8 Å². The maximum absolute atomic E-state index is 12.7. The predicted octanol–water partition coefficient (Wildman–Crippen LogP) is 0.877. The lowest BCUT2D eigenvalue weighted by molar-refractivity contribution is -0.112. The number of nitrogens with zero attached hydrogens (tertiary/aromatic N) is 2. The van der Waals surface area contributed by atoms with Crippen molar-refractivity contribution in [2.45, 2.75) is 31.8 Å². The fourth-order valence-corrected chi connectivity index (χ4v) is 4.05. The average Bonchev–Trinajstić information content (AvgIpc) is 3.05. The third kappa shape index (κ3) is 2.93. The lowest BCUT2D eigenvalue weighted by Crippen LogP contribution is -2.62. The van der Waals surface area contributed by atoms with Crippen molar-refractivity contribution in [2.75, 3.05) is 13.1 Å². The molecule has 0 spiro atoms. The summed E-state index contributed by atoms with van der Waals surface area (Å²) in [7, 11) is 0. The number of hydrogen-bond donors (Lipinski definition) is 2. The van der Waals surface area contributed by atoms with Gasteiger partial charge in [0, 0.05) is 23.4 Å². The molecule has 0 unspecified atom stereocenters. The zero-order chi connectivity index (χ0) is 18.3. The Kier molecular flexibility index (Phi) is 4.13. The zero-order valence-corrected chi connectivity index (χ0v) is 14.5. The smallest absolute Gasteiger partial charge is 0.293 e. The zero-order valence-electron chi connectivity index (χ0n) is 14.5. The third-order valence-corrected chi connectivity index (χ3v) is 5.49. The molecule has 134 valence electrons. The summed E-state index contributed by atoms with van der Waals surface area (Å²) in [6, 6.07) is 2.12. The normalized spacial score (nSPS) is 27.0. The molecule has 3 saturated heterocycles. The summed E-state index contributed by atoms with van der Waals surface area (Å²) < 4.78 is 5.37. The number of pyridine rings is 1. The van der Waals surface area contributed by atoms with E-state index in [1.165, 1.54) is 12.5 Å². The molecule has 26 heavy (non-hydrogen) atoms. The van der Waals surface area contributed by atoms with Crippen molar-refractivity contribution in [1.82, 2.24) is 15.2 Å². The molecule has 2 amide bonds. The number of furan rings is 1. The van der Waals surface area contributed by atoms with Crippen molar-refractivity contribution in [1.29, 1.82) is 0 Å². The van der Waals surface area contributed by atoms with Crippen LogP contribution in [0.5, 0.6) is 0 Å². The second-order valence-corrected chi connectivity index (χ2v) is 6.94. The number of amides is 2. The summed E-state index contributed by atoms with van der Waals surface area (Å²) in [5.41, 5.74) is 6.38. The van der Waals surface area contributed by atoms with Crippen molar-refractivity contribution >= 4 is 22.8 Å². The fraction of sp³-hybridized carbons (Fsp3) is 0.421. The molecular weight excluding hydrogens is 332 g/mol. The number of aromatic nitrogens is 1. The summed E-state index contributed by atoms with van der Waals surface area (Å²) in [5.74, 6) is 4.54. The van der Waals surface area contributed by atoms with Gasteiger partial charge in [-0.2, -0.15) is 0 Å². The van der Waals surface area contributed by atoms with E-state index in [1.54, 1.807) is 6.07 Å². The van der Waals surface area contributed by atoms with Gasteiger partial charge in [-0.1, -0.05) is 5.92 Å². The third-order valence-electron chi connectivity index (χ3n) is 5.49.